The number of hydrogen-bond acceptors (Lipinski definition) is 4. The number of hydrogen-bond donors (Lipinski definition) is 1. The molecule has 26 heavy (non-hydrogen) atoms. The fraction of sp³-hybridized carbons (Fsp3) is 0.714. The van der Waals surface area contributed by atoms with E-state index in [-0.39, 0.29) is 17.9 Å². The second kappa shape index (κ2) is 8.38. The number of carbonyl (C=O) groups is 1. The zero-order valence-corrected chi connectivity index (χ0v) is 16.3. The molecule has 5 nitrogen and oxygen atoms in total. The average molecular weight is 360 g/mol. The molecule has 1 aliphatic carbocycles. The van der Waals surface area contributed by atoms with Gasteiger partial charge in [0.1, 0.15) is 5.69 Å². The van der Waals surface area contributed by atoms with E-state index in [2.05, 4.69) is 16.8 Å². The smallest absolute Gasteiger partial charge is 0.272 e. The number of aliphatic hydroxyl groups is 1. The van der Waals surface area contributed by atoms with Crippen LogP contribution in [0, 0.1) is 5.41 Å². The number of nitrogens with zero attached hydrogens (tertiary/aromatic N) is 3. The Morgan fingerprint density at radius 2 is 2.12 bits per heavy atom. The van der Waals surface area contributed by atoms with E-state index < -0.39 is 0 Å². The molecule has 3 rings (SSSR count). The van der Waals surface area contributed by atoms with Gasteiger partial charge >= 0.3 is 0 Å². The highest BCUT2D eigenvalue weighted by atomic mass is 16.3. The van der Waals surface area contributed by atoms with Crippen LogP contribution in [0.4, 0.5) is 5.69 Å². The Labute approximate surface area is 157 Å². The average Bonchev–Trinajstić information content (AvgIpc) is 2.73. The van der Waals surface area contributed by atoms with Crippen molar-refractivity contribution in [2.75, 3.05) is 31.6 Å². The van der Waals surface area contributed by atoms with Crippen LogP contribution < -0.4 is 4.90 Å². The lowest BCUT2D eigenvalue weighted by molar-refractivity contribution is 0.0690. The van der Waals surface area contributed by atoms with Crippen LogP contribution in [0.2, 0.25) is 0 Å². The fourth-order valence-corrected chi connectivity index (χ4v) is 4.51. The molecular formula is C21H33N3O2. The molecule has 2 heterocycles. The van der Waals surface area contributed by atoms with Crippen molar-refractivity contribution in [3.63, 3.8) is 0 Å². The zero-order valence-electron chi connectivity index (χ0n) is 16.3. The largest absolute Gasteiger partial charge is 0.396 e. The Bertz CT molecular complexity index is 609. The quantitative estimate of drug-likeness (QED) is 0.874. The van der Waals surface area contributed by atoms with Crippen LogP contribution in [-0.4, -0.2) is 53.7 Å². The monoisotopic (exact) mass is 359 g/mol. The van der Waals surface area contributed by atoms with Crippen molar-refractivity contribution in [2.24, 2.45) is 5.41 Å². The molecule has 0 bridgehead atoms. The second-order valence-electron chi connectivity index (χ2n) is 8.14. The normalized spacial score (nSPS) is 24.5. The summed E-state index contributed by atoms with van der Waals surface area (Å²) in [6.07, 6.45) is 10.8. The minimum absolute atomic E-state index is 0.0232. The van der Waals surface area contributed by atoms with Gasteiger partial charge in [-0.2, -0.15) is 0 Å². The van der Waals surface area contributed by atoms with Gasteiger partial charge in [0.25, 0.3) is 5.91 Å². The van der Waals surface area contributed by atoms with Gasteiger partial charge in [-0.05, 0) is 44.2 Å². The molecule has 1 aliphatic heterocycles. The number of pyridine rings is 1. The van der Waals surface area contributed by atoms with Crippen LogP contribution in [0.15, 0.2) is 18.3 Å². The Hall–Kier alpha value is -1.62. The fourth-order valence-electron chi connectivity index (χ4n) is 4.51. The van der Waals surface area contributed by atoms with Gasteiger partial charge in [-0.15, -0.1) is 0 Å². The van der Waals surface area contributed by atoms with Crippen molar-refractivity contribution in [3.05, 3.63) is 24.0 Å². The summed E-state index contributed by atoms with van der Waals surface area (Å²) in [4.78, 5) is 21.5. The number of aliphatic hydroxyl groups excluding tert-OH is 1. The zero-order chi connectivity index (χ0) is 18.6. The van der Waals surface area contributed by atoms with Gasteiger partial charge in [-0.1, -0.05) is 26.2 Å². The van der Waals surface area contributed by atoms with Crippen LogP contribution in [0.5, 0.6) is 0 Å². The van der Waals surface area contributed by atoms with Gasteiger partial charge in [0, 0.05) is 43.5 Å². The predicted octanol–water partition coefficient (Wildman–Crippen LogP) is 3.48. The molecule has 0 unspecified atom stereocenters. The SMILES string of the molecule is CC[C@@]1(CO)CCCN(c2ccnc(C(=O)N(C)C3CCCCC3)c2)C1. The van der Waals surface area contributed by atoms with Gasteiger partial charge in [0.2, 0.25) is 0 Å². The van der Waals surface area contributed by atoms with Crippen molar-refractivity contribution in [3.8, 4) is 0 Å². The van der Waals surface area contributed by atoms with Crippen LogP contribution in [0.1, 0.15) is 68.8 Å². The summed E-state index contributed by atoms with van der Waals surface area (Å²) in [6.45, 7) is 4.19. The molecule has 1 aromatic rings. The van der Waals surface area contributed by atoms with E-state index in [0.29, 0.717) is 11.7 Å². The lowest BCUT2D eigenvalue weighted by atomic mass is 9.78. The maximum Gasteiger partial charge on any atom is 0.272 e. The summed E-state index contributed by atoms with van der Waals surface area (Å²) in [6, 6.07) is 4.27. The van der Waals surface area contributed by atoms with E-state index in [1.165, 1.54) is 19.3 Å². The number of piperidine rings is 1. The summed E-state index contributed by atoms with van der Waals surface area (Å²) >= 11 is 0. The highest BCUT2D eigenvalue weighted by Crippen LogP contribution is 2.35. The first-order valence-corrected chi connectivity index (χ1v) is 10.2. The first-order valence-electron chi connectivity index (χ1n) is 10.2. The molecule has 1 amide bonds. The van der Waals surface area contributed by atoms with E-state index in [1.807, 2.05) is 24.1 Å². The lowest BCUT2D eigenvalue weighted by Gasteiger charge is -2.42. The van der Waals surface area contributed by atoms with Crippen LogP contribution in [0.25, 0.3) is 0 Å². The Morgan fingerprint density at radius 1 is 1.35 bits per heavy atom. The number of aromatic nitrogens is 1. The number of amides is 1. The molecule has 2 fully saturated rings. The van der Waals surface area contributed by atoms with Gasteiger partial charge in [-0.3, -0.25) is 9.78 Å². The minimum atomic E-state index is -0.0232. The Balaban J connectivity index is 1.74. The molecule has 2 aliphatic rings. The van der Waals surface area contributed by atoms with Crippen LogP contribution >= 0.6 is 0 Å². The molecule has 0 aromatic carbocycles. The molecule has 0 radical (unpaired) electrons. The molecule has 1 saturated carbocycles. The predicted molar refractivity (Wildman–Crippen MR) is 104 cm³/mol. The van der Waals surface area contributed by atoms with E-state index in [1.54, 1.807) is 6.20 Å². The summed E-state index contributed by atoms with van der Waals surface area (Å²) in [5, 5.41) is 9.87. The van der Waals surface area contributed by atoms with Gasteiger partial charge < -0.3 is 14.9 Å². The summed E-state index contributed by atoms with van der Waals surface area (Å²) in [5.41, 5.74) is 1.56. The van der Waals surface area contributed by atoms with Crippen molar-refractivity contribution >= 4 is 11.6 Å². The van der Waals surface area contributed by atoms with E-state index in [0.717, 1.165) is 50.9 Å². The lowest BCUT2D eigenvalue weighted by Crippen LogP contribution is -2.45. The van der Waals surface area contributed by atoms with Crippen molar-refractivity contribution in [2.45, 2.75) is 64.3 Å². The van der Waals surface area contributed by atoms with Crippen molar-refractivity contribution in [1.82, 2.24) is 9.88 Å². The van der Waals surface area contributed by atoms with Gasteiger partial charge in [-0.25, -0.2) is 0 Å². The minimum Gasteiger partial charge on any atom is -0.396 e. The molecule has 144 valence electrons. The highest BCUT2D eigenvalue weighted by Gasteiger charge is 2.33. The number of anilines is 1. The molecule has 1 aromatic heterocycles. The summed E-state index contributed by atoms with van der Waals surface area (Å²) in [5.74, 6) is 0.0275. The molecule has 5 heteroatoms. The third kappa shape index (κ3) is 4.03. The highest BCUT2D eigenvalue weighted by molar-refractivity contribution is 5.93. The van der Waals surface area contributed by atoms with Gasteiger partial charge in [0.05, 0.1) is 6.61 Å². The molecule has 1 saturated heterocycles. The number of carbonyl (C=O) groups excluding carboxylic acids is 1. The van der Waals surface area contributed by atoms with Crippen molar-refractivity contribution < 1.29 is 9.90 Å². The molecule has 1 atom stereocenters. The van der Waals surface area contributed by atoms with Crippen LogP contribution in [0.3, 0.4) is 0 Å². The van der Waals surface area contributed by atoms with E-state index in [4.69, 9.17) is 0 Å². The Kier molecular flexibility index (Phi) is 6.17. The number of rotatable bonds is 5. The molecule has 0 spiro atoms. The van der Waals surface area contributed by atoms with E-state index in [9.17, 15) is 9.90 Å². The first-order chi connectivity index (χ1) is 12.6. The standard InChI is InChI=1S/C21H33N3O2/c1-3-21(16-25)11-7-13-24(15-21)18-10-12-22-19(14-18)20(26)23(2)17-8-5-4-6-9-17/h10,12,14,17,25H,3-9,11,13,15-16H2,1-2H3/t21-/m1/s1. The third-order valence-electron chi connectivity index (χ3n) is 6.52. The topological polar surface area (TPSA) is 56.7 Å². The summed E-state index contributed by atoms with van der Waals surface area (Å²) in [7, 11) is 1.92. The third-order valence-corrected chi connectivity index (χ3v) is 6.52. The van der Waals surface area contributed by atoms with Crippen LogP contribution in [-0.2, 0) is 0 Å². The maximum atomic E-state index is 12.9. The maximum absolute atomic E-state index is 12.9. The second-order valence-corrected chi connectivity index (χ2v) is 8.14. The molecule has 1 N–H and O–H groups in total. The molecular weight excluding hydrogens is 326 g/mol. The first kappa shape index (κ1) is 19.2. The van der Waals surface area contributed by atoms with E-state index >= 15 is 0 Å². The Morgan fingerprint density at radius 3 is 2.81 bits per heavy atom. The van der Waals surface area contributed by atoms with Crippen molar-refractivity contribution in [1.29, 1.82) is 0 Å². The summed E-state index contributed by atoms with van der Waals surface area (Å²) < 4.78 is 0. The van der Waals surface area contributed by atoms with Gasteiger partial charge in [0.15, 0.2) is 0 Å².